The standard InChI is InChI=1S/C30H38ClN3O3/c1-5-7-25-22(9-6-8-21-16-18-34(19-17-21)29(35)37-30(2,3)4)10-15-26-28(25)33-27(32-26)20-36-24-13-11-23(31)12-14-24/h5,10-15,21H,1,6-9,16-20H2,2-4H3,(H,32,33). The highest BCUT2D eigenvalue weighted by Gasteiger charge is 2.26. The van der Waals surface area contributed by atoms with Crippen molar-refractivity contribution in [2.75, 3.05) is 13.1 Å². The van der Waals surface area contributed by atoms with Crippen LogP contribution in [0.25, 0.3) is 11.0 Å². The van der Waals surface area contributed by atoms with Crippen LogP contribution in [-0.4, -0.2) is 39.7 Å². The Balaban J connectivity index is 1.33. The number of amides is 1. The number of H-pyrrole nitrogens is 1. The SMILES string of the molecule is C=CCc1c(CCCC2CCN(C(=O)OC(C)(C)C)CC2)ccc2[nH]c(COc3ccc(Cl)cc3)nc12. The topological polar surface area (TPSA) is 67.5 Å². The molecule has 37 heavy (non-hydrogen) atoms. The lowest BCUT2D eigenvalue weighted by atomic mass is 9.90. The van der Waals surface area contributed by atoms with Crippen LogP contribution in [0.5, 0.6) is 5.75 Å². The van der Waals surface area contributed by atoms with E-state index in [1.165, 1.54) is 11.1 Å². The van der Waals surface area contributed by atoms with Gasteiger partial charge in [-0.25, -0.2) is 9.78 Å². The normalized spacial score (nSPS) is 14.6. The van der Waals surface area contributed by atoms with Crippen molar-refractivity contribution in [2.24, 2.45) is 5.92 Å². The molecular weight excluding hydrogens is 486 g/mol. The minimum absolute atomic E-state index is 0.190. The Morgan fingerprint density at radius 2 is 1.92 bits per heavy atom. The van der Waals surface area contributed by atoms with E-state index in [0.717, 1.165) is 74.2 Å². The van der Waals surface area contributed by atoms with Gasteiger partial charge in [-0.2, -0.15) is 0 Å². The second kappa shape index (κ2) is 12.0. The van der Waals surface area contributed by atoms with Gasteiger partial charge in [0, 0.05) is 18.1 Å². The molecule has 198 valence electrons. The molecule has 6 nitrogen and oxygen atoms in total. The zero-order valence-electron chi connectivity index (χ0n) is 22.2. The highest BCUT2D eigenvalue weighted by Crippen LogP contribution is 2.27. The highest BCUT2D eigenvalue weighted by atomic mass is 35.5. The smallest absolute Gasteiger partial charge is 0.410 e. The van der Waals surface area contributed by atoms with Gasteiger partial charge in [-0.15, -0.1) is 6.58 Å². The molecule has 0 saturated carbocycles. The number of carbonyl (C=O) groups excluding carboxylic acids is 1. The maximum atomic E-state index is 12.3. The maximum Gasteiger partial charge on any atom is 0.410 e. The summed E-state index contributed by atoms with van der Waals surface area (Å²) >= 11 is 5.96. The predicted octanol–water partition coefficient (Wildman–Crippen LogP) is 7.49. The molecule has 0 bridgehead atoms. The summed E-state index contributed by atoms with van der Waals surface area (Å²) in [6.07, 6.45) is 7.90. The van der Waals surface area contributed by atoms with Crippen LogP contribution in [0.1, 0.15) is 63.4 Å². The zero-order valence-corrected chi connectivity index (χ0v) is 22.9. The van der Waals surface area contributed by atoms with Gasteiger partial charge in [0.2, 0.25) is 0 Å². The van der Waals surface area contributed by atoms with Crippen molar-refractivity contribution in [3.63, 3.8) is 0 Å². The van der Waals surface area contributed by atoms with Crippen LogP contribution >= 0.6 is 11.6 Å². The fourth-order valence-electron chi connectivity index (χ4n) is 4.89. The second-order valence-corrected chi connectivity index (χ2v) is 11.3. The first-order valence-corrected chi connectivity index (χ1v) is 13.6. The number of fused-ring (bicyclic) bond motifs is 1. The summed E-state index contributed by atoms with van der Waals surface area (Å²) in [4.78, 5) is 22.4. The van der Waals surface area contributed by atoms with Gasteiger partial charge in [0.1, 0.15) is 23.8 Å². The summed E-state index contributed by atoms with van der Waals surface area (Å²) < 4.78 is 11.4. The Morgan fingerprint density at radius 3 is 2.59 bits per heavy atom. The third kappa shape index (κ3) is 7.51. The van der Waals surface area contributed by atoms with Crippen LogP contribution in [0.3, 0.4) is 0 Å². The summed E-state index contributed by atoms with van der Waals surface area (Å²) in [5, 5.41) is 0.684. The molecule has 1 N–H and O–H groups in total. The van der Waals surface area contributed by atoms with Gasteiger partial charge in [-0.05, 0) is 107 Å². The van der Waals surface area contributed by atoms with E-state index in [4.69, 9.17) is 26.1 Å². The quantitative estimate of drug-likeness (QED) is 0.295. The Labute approximate surface area is 225 Å². The molecule has 7 heteroatoms. The number of hydrogen-bond donors (Lipinski definition) is 1. The van der Waals surface area contributed by atoms with Crippen molar-refractivity contribution >= 4 is 28.7 Å². The van der Waals surface area contributed by atoms with Gasteiger partial charge in [0.15, 0.2) is 0 Å². The van der Waals surface area contributed by atoms with E-state index >= 15 is 0 Å². The van der Waals surface area contributed by atoms with Gasteiger partial charge in [-0.3, -0.25) is 0 Å². The largest absolute Gasteiger partial charge is 0.486 e. The van der Waals surface area contributed by atoms with Crippen molar-refractivity contribution in [1.29, 1.82) is 0 Å². The van der Waals surface area contributed by atoms with Gasteiger partial charge in [0.25, 0.3) is 0 Å². The third-order valence-electron chi connectivity index (χ3n) is 6.77. The van der Waals surface area contributed by atoms with E-state index in [0.29, 0.717) is 17.5 Å². The number of benzene rings is 2. The summed E-state index contributed by atoms with van der Waals surface area (Å²) in [6.45, 7) is 11.6. The molecule has 0 radical (unpaired) electrons. The molecule has 1 fully saturated rings. The number of ether oxygens (including phenoxy) is 2. The summed E-state index contributed by atoms with van der Waals surface area (Å²) in [5.74, 6) is 2.20. The number of aryl methyl sites for hydroxylation is 1. The van der Waals surface area contributed by atoms with Gasteiger partial charge >= 0.3 is 6.09 Å². The molecular formula is C30H38ClN3O3. The van der Waals surface area contributed by atoms with E-state index in [9.17, 15) is 4.79 Å². The average molecular weight is 524 g/mol. The number of piperidine rings is 1. The molecule has 0 unspecified atom stereocenters. The first kappa shape index (κ1) is 27.1. The maximum absolute atomic E-state index is 12.3. The summed E-state index contributed by atoms with van der Waals surface area (Å²) in [6, 6.07) is 11.7. The van der Waals surface area contributed by atoms with Crippen LogP contribution in [0.4, 0.5) is 4.79 Å². The lowest BCUT2D eigenvalue weighted by molar-refractivity contribution is 0.0180. The number of aromatic nitrogens is 2. The Bertz CT molecular complexity index is 1210. The summed E-state index contributed by atoms with van der Waals surface area (Å²) in [5.41, 5.74) is 4.14. The number of carbonyl (C=O) groups is 1. The number of allylic oxidation sites excluding steroid dienone is 1. The fourth-order valence-corrected chi connectivity index (χ4v) is 5.02. The first-order valence-electron chi connectivity index (χ1n) is 13.2. The Kier molecular flexibility index (Phi) is 8.80. The second-order valence-electron chi connectivity index (χ2n) is 10.8. The minimum Gasteiger partial charge on any atom is -0.486 e. The first-order chi connectivity index (χ1) is 17.7. The number of aromatic amines is 1. The number of nitrogens with zero attached hydrogens (tertiary/aromatic N) is 2. The molecule has 0 atom stereocenters. The molecule has 0 aliphatic carbocycles. The van der Waals surface area contributed by atoms with Crippen LogP contribution in [0.2, 0.25) is 5.02 Å². The van der Waals surface area contributed by atoms with E-state index in [1.807, 2.05) is 56.0 Å². The zero-order chi connectivity index (χ0) is 26.4. The Morgan fingerprint density at radius 1 is 1.19 bits per heavy atom. The van der Waals surface area contributed by atoms with Crippen molar-refractivity contribution in [3.05, 3.63) is 71.0 Å². The van der Waals surface area contributed by atoms with Crippen LogP contribution in [0, 0.1) is 5.92 Å². The van der Waals surface area contributed by atoms with Gasteiger partial charge < -0.3 is 19.4 Å². The van der Waals surface area contributed by atoms with Crippen LogP contribution in [0.15, 0.2) is 49.1 Å². The van der Waals surface area contributed by atoms with Gasteiger partial charge in [0.05, 0.1) is 11.0 Å². The van der Waals surface area contributed by atoms with Crippen molar-refractivity contribution < 1.29 is 14.3 Å². The molecule has 2 aromatic carbocycles. The number of rotatable bonds is 9. The third-order valence-corrected chi connectivity index (χ3v) is 7.02. The number of halogens is 1. The molecule has 1 aliphatic heterocycles. The Hall–Kier alpha value is -2.99. The van der Waals surface area contributed by atoms with Crippen LogP contribution in [-0.2, 0) is 24.2 Å². The molecule has 1 aliphatic rings. The summed E-state index contributed by atoms with van der Waals surface area (Å²) in [7, 11) is 0. The van der Waals surface area contributed by atoms with E-state index in [-0.39, 0.29) is 6.09 Å². The van der Waals surface area contributed by atoms with Crippen molar-refractivity contribution in [1.82, 2.24) is 14.9 Å². The number of likely N-dealkylation sites (tertiary alicyclic amines) is 1. The molecule has 3 aromatic rings. The monoisotopic (exact) mass is 523 g/mol. The van der Waals surface area contributed by atoms with Crippen LogP contribution < -0.4 is 4.74 Å². The van der Waals surface area contributed by atoms with E-state index in [1.54, 1.807) is 0 Å². The molecule has 2 heterocycles. The molecule has 1 amide bonds. The number of hydrogen-bond acceptors (Lipinski definition) is 4. The molecule has 1 saturated heterocycles. The lowest BCUT2D eigenvalue weighted by Gasteiger charge is -2.33. The number of nitrogens with one attached hydrogen (secondary N) is 1. The predicted molar refractivity (Wildman–Crippen MR) is 149 cm³/mol. The highest BCUT2D eigenvalue weighted by molar-refractivity contribution is 6.30. The molecule has 4 rings (SSSR count). The van der Waals surface area contributed by atoms with E-state index < -0.39 is 5.60 Å². The van der Waals surface area contributed by atoms with Crippen molar-refractivity contribution in [2.45, 2.75) is 71.5 Å². The average Bonchev–Trinajstić information content (AvgIpc) is 3.28. The minimum atomic E-state index is -0.447. The molecule has 0 spiro atoms. The fraction of sp³-hybridized carbons (Fsp3) is 0.467. The van der Waals surface area contributed by atoms with E-state index in [2.05, 4.69) is 23.7 Å². The van der Waals surface area contributed by atoms with Crippen molar-refractivity contribution in [3.8, 4) is 5.75 Å². The lowest BCUT2D eigenvalue weighted by Crippen LogP contribution is -2.41. The molecule has 1 aromatic heterocycles. The number of imidazole rings is 1. The van der Waals surface area contributed by atoms with Gasteiger partial charge in [-0.1, -0.05) is 23.7 Å².